The van der Waals surface area contributed by atoms with Crippen LogP contribution in [0, 0.1) is 13.8 Å². The smallest absolute Gasteiger partial charge is 0.260 e. The summed E-state index contributed by atoms with van der Waals surface area (Å²) in [6, 6.07) is 5.43. The van der Waals surface area contributed by atoms with E-state index in [4.69, 9.17) is 8.83 Å². The standard InChI is InChI=1S/C20H21N3O4S2/c1-12-3-4-17(27-12)16-11-28-8-6-23(16)18(24)9-14-10-29-20(21-14)22-19(25)15-5-7-26-13(15)2/h3-5,7,10,16H,6,8-9,11H2,1-2H3,(H,21,22,25)/t16-/m1/s1. The number of amides is 2. The Hall–Kier alpha value is -2.52. The lowest BCUT2D eigenvalue weighted by Crippen LogP contribution is -2.41. The van der Waals surface area contributed by atoms with Gasteiger partial charge in [0.25, 0.3) is 5.91 Å². The van der Waals surface area contributed by atoms with Crippen molar-refractivity contribution in [1.82, 2.24) is 9.88 Å². The van der Waals surface area contributed by atoms with Crippen LogP contribution >= 0.6 is 23.1 Å². The highest BCUT2D eigenvalue weighted by Crippen LogP contribution is 2.31. The molecule has 1 aliphatic heterocycles. The number of anilines is 1. The molecule has 7 nitrogen and oxygen atoms in total. The first-order valence-corrected chi connectivity index (χ1v) is 11.3. The monoisotopic (exact) mass is 431 g/mol. The number of nitrogens with one attached hydrogen (secondary N) is 1. The second-order valence-electron chi connectivity index (χ2n) is 6.79. The van der Waals surface area contributed by atoms with E-state index >= 15 is 0 Å². The lowest BCUT2D eigenvalue weighted by Gasteiger charge is -2.34. The summed E-state index contributed by atoms with van der Waals surface area (Å²) in [7, 11) is 0. The fourth-order valence-electron chi connectivity index (χ4n) is 3.26. The van der Waals surface area contributed by atoms with Crippen LogP contribution in [-0.2, 0) is 11.2 Å². The molecule has 3 aromatic heterocycles. The van der Waals surface area contributed by atoms with E-state index in [-0.39, 0.29) is 24.3 Å². The summed E-state index contributed by atoms with van der Waals surface area (Å²) in [5.74, 6) is 3.69. The van der Waals surface area contributed by atoms with Crippen LogP contribution < -0.4 is 5.32 Å². The summed E-state index contributed by atoms with van der Waals surface area (Å²) in [6.07, 6.45) is 1.67. The van der Waals surface area contributed by atoms with Crippen molar-refractivity contribution in [3.63, 3.8) is 0 Å². The van der Waals surface area contributed by atoms with E-state index in [1.54, 1.807) is 18.4 Å². The molecule has 0 saturated carbocycles. The van der Waals surface area contributed by atoms with Crippen molar-refractivity contribution in [3.8, 4) is 0 Å². The molecule has 0 aromatic carbocycles. The zero-order valence-corrected chi connectivity index (χ0v) is 17.8. The lowest BCUT2D eigenvalue weighted by atomic mass is 10.2. The van der Waals surface area contributed by atoms with Gasteiger partial charge in [-0.15, -0.1) is 11.3 Å². The number of carbonyl (C=O) groups is 2. The number of furan rings is 2. The van der Waals surface area contributed by atoms with Crippen LogP contribution in [-0.4, -0.2) is 39.7 Å². The van der Waals surface area contributed by atoms with Crippen molar-refractivity contribution in [1.29, 1.82) is 0 Å². The van der Waals surface area contributed by atoms with Crippen molar-refractivity contribution in [2.24, 2.45) is 0 Å². The number of hydrogen-bond donors (Lipinski definition) is 1. The molecule has 0 bridgehead atoms. The predicted molar refractivity (Wildman–Crippen MR) is 112 cm³/mol. The molecule has 0 unspecified atom stereocenters. The summed E-state index contributed by atoms with van der Waals surface area (Å²) < 4.78 is 10.9. The zero-order valence-electron chi connectivity index (χ0n) is 16.1. The minimum Gasteiger partial charge on any atom is -0.469 e. The van der Waals surface area contributed by atoms with Crippen LogP contribution in [0.1, 0.15) is 39.4 Å². The van der Waals surface area contributed by atoms with Crippen LogP contribution in [0.25, 0.3) is 0 Å². The maximum Gasteiger partial charge on any atom is 0.260 e. The van der Waals surface area contributed by atoms with Gasteiger partial charge in [-0.3, -0.25) is 14.9 Å². The van der Waals surface area contributed by atoms with Gasteiger partial charge < -0.3 is 13.7 Å². The molecular formula is C20H21N3O4S2. The molecule has 1 aliphatic rings. The first-order valence-electron chi connectivity index (χ1n) is 9.24. The number of nitrogens with zero attached hydrogens (tertiary/aromatic N) is 2. The van der Waals surface area contributed by atoms with Crippen molar-refractivity contribution in [3.05, 3.63) is 58.4 Å². The maximum absolute atomic E-state index is 13.0. The topological polar surface area (TPSA) is 88.6 Å². The average Bonchev–Trinajstić information content (AvgIpc) is 3.43. The lowest BCUT2D eigenvalue weighted by molar-refractivity contribution is -0.132. The Labute approximate surface area is 176 Å². The largest absolute Gasteiger partial charge is 0.469 e. The van der Waals surface area contributed by atoms with Gasteiger partial charge in [0.15, 0.2) is 5.13 Å². The molecule has 1 fully saturated rings. The summed E-state index contributed by atoms with van der Waals surface area (Å²) in [4.78, 5) is 31.5. The highest BCUT2D eigenvalue weighted by molar-refractivity contribution is 7.99. The van der Waals surface area contributed by atoms with Crippen LogP contribution in [0.2, 0.25) is 0 Å². The predicted octanol–water partition coefficient (Wildman–Crippen LogP) is 4.06. The Bertz CT molecular complexity index is 1020. The molecular weight excluding hydrogens is 410 g/mol. The summed E-state index contributed by atoms with van der Waals surface area (Å²) in [5.41, 5.74) is 1.12. The van der Waals surface area contributed by atoms with Gasteiger partial charge in [-0.1, -0.05) is 0 Å². The van der Waals surface area contributed by atoms with Gasteiger partial charge >= 0.3 is 0 Å². The third kappa shape index (κ3) is 4.40. The number of aromatic nitrogens is 1. The van der Waals surface area contributed by atoms with Gasteiger partial charge in [0.05, 0.1) is 30.0 Å². The van der Waals surface area contributed by atoms with Gasteiger partial charge in [-0.05, 0) is 32.0 Å². The molecule has 29 heavy (non-hydrogen) atoms. The van der Waals surface area contributed by atoms with Crippen LogP contribution in [0.15, 0.2) is 38.7 Å². The first-order chi connectivity index (χ1) is 14.0. The van der Waals surface area contributed by atoms with Crippen molar-refractivity contribution >= 4 is 40.0 Å². The molecule has 0 spiro atoms. The highest BCUT2D eigenvalue weighted by atomic mass is 32.2. The fraction of sp³-hybridized carbons (Fsp3) is 0.350. The molecule has 4 heterocycles. The Morgan fingerprint density at radius 3 is 2.90 bits per heavy atom. The molecule has 1 atom stereocenters. The van der Waals surface area contributed by atoms with Crippen molar-refractivity contribution < 1.29 is 18.4 Å². The molecule has 3 aromatic rings. The van der Waals surface area contributed by atoms with Crippen LogP contribution in [0.4, 0.5) is 5.13 Å². The summed E-state index contributed by atoms with van der Waals surface area (Å²) in [5, 5.41) is 5.03. The molecule has 1 N–H and O–H groups in total. The minimum absolute atomic E-state index is 0.0122. The molecule has 4 rings (SSSR count). The molecule has 2 amide bonds. The average molecular weight is 432 g/mol. The van der Waals surface area contributed by atoms with Crippen LogP contribution in [0.5, 0.6) is 0 Å². The molecule has 1 saturated heterocycles. The Balaban J connectivity index is 1.41. The number of hydrogen-bond acceptors (Lipinski definition) is 7. The molecule has 0 aliphatic carbocycles. The summed E-state index contributed by atoms with van der Waals surface area (Å²) >= 11 is 3.13. The van der Waals surface area contributed by atoms with Gasteiger partial charge in [0.2, 0.25) is 5.91 Å². The molecule has 0 radical (unpaired) electrons. The number of rotatable bonds is 5. The van der Waals surface area contributed by atoms with Gasteiger partial charge in [0.1, 0.15) is 17.3 Å². The second kappa shape index (κ2) is 8.46. The van der Waals surface area contributed by atoms with E-state index in [0.717, 1.165) is 23.0 Å². The Morgan fingerprint density at radius 2 is 2.17 bits per heavy atom. The van der Waals surface area contributed by atoms with E-state index in [1.807, 2.05) is 35.7 Å². The number of thiazole rings is 1. The SMILES string of the molecule is Cc1ccc([C@H]2CSCCN2C(=O)Cc2csc(NC(=O)c3ccoc3C)n2)o1. The van der Waals surface area contributed by atoms with Gasteiger partial charge in [-0.2, -0.15) is 11.8 Å². The van der Waals surface area contributed by atoms with E-state index in [1.165, 1.54) is 17.6 Å². The molecule has 152 valence electrons. The third-order valence-corrected chi connectivity index (χ3v) is 6.58. The minimum atomic E-state index is -0.273. The third-order valence-electron chi connectivity index (χ3n) is 4.75. The Morgan fingerprint density at radius 1 is 1.31 bits per heavy atom. The van der Waals surface area contributed by atoms with Crippen molar-refractivity contribution in [2.45, 2.75) is 26.3 Å². The van der Waals surface area contributed by atoms with Gasteiger partial charge in [0, 0.05) is 23.4 Å². The molecule has 9 heteroatoms. The maximum atomic E-state index is 13.0. The van der Waals surface area contributed by atoms with Crippen molar-refractivity contribution in [2.75, 3.05) is 23.4 Å². The Kier molecular flexibility index (Phi) is 5.77. The quantitative estimate of drug-likeness (QED) is 0.655. The number of thioether (sulfide) groups is 1. The second-order valence-corrected chi connectivity index (χ2v) is 8.80. The summed E-state index contributed by atoms with van der Waals surface area (Å²) in [6.45, 7) is 4.32. The van der Waals surface area contributed by atoms with E-state index in [2.05, 4.69) is 10.3 Å². The van der Waals surface area contributed by atoms with Crippen LogP contribution in [0.3, 0.4) is 0 Å². The number of carbonyl (C=O) groups excluding carboxylic acids is 2. The zero-order chi connectivity index (χ0) is 20.4. The van der Waals surface area contributed by atoms with E-state index in [9.17, 15) is 9.59 Å². The first kappa shape index (κ1) is 19.8. The van der Waals surface area contributed by atoms with E-state index in [0.29, 0.717) is 28.7 Å². The fourth-order valence-corrected chi connectivity index (χ4v) is 5.02. The normalized spacial score (nSPS) is 16.8. The number of aryl methyl sites for hydroxylation is 2. The van der Waals surface area contributed by atoms with E-state index < -0.39 is 0 Å². The highest BCUT2D eigenvalue weighted by Gasteiger charge is 2.30. The van der Waals surface area contributed by atoms with Gasteiger partial charge in [-0.25, -0.2) is 4.98 Å².